The highest BCUT2D eigenvalue weighted by Crippen LogP contribution is 2.21. The molecule has 0 amide bonds. The highest BCUT2D eigenvalue weighted by atomic mass is 32.2. The number of H-pyrrole nitrogens is 2. The SMILES string of the molecule is CCS(=O)(=O)N1CCN(c2ccc3[nH]c(=O)[nH]c3c2)CC1. The average molecular weight is 310 g/mol. The van der Waals surface area contributed by atoms with E-state index in [1.165, 1.54) is 0 Å². The fourth-order valence-corrected chi connectivity index (χ4v) is 3.71. The first kappa shape index (κ1) is 14.2. The summed E-state index contributed by atoms with van der Waals surface area (Å²) in [6.07, 6.45) is 0. The number of sulfonamides is 1. The molecule has 0 atom stereocenters. The highest BCUT2D eigenvalue weighted by molar-refractivity contribution is 7.89. The minimum absolute atomic E-state index is 0.142. The minimum atomic E-state index is -3.10. The molecule has 1 fully saturated rings. The summed E-state index contributed by atoms with van der Waals surface area (Å²) in [5.74, 6) is 0.142. The quantitative estimate of drug-likeness (QED) is 0.855. The fourth-order valence-electron chi connectivity index (χ4n) is 2.62. The maximum absolute atomic E-state index is 11.8. The van der Waals surface area contributed by atoms with Gasteiger partial charge >= 0.3 is 5.69 Å². The second kappa shape index (κ2) is 5.19. The third-order valence-corrected chi connectivity index (χ3v) is 5.74. The van der Waals surface area contributed by atoms with Gasteiger partial charge in [-0.1, -0.05) is 0 Å². The molecular weight excluding hydrogens is 292 g/mol. The lowest BCUT2D eigenvalue weighted by atomic mass is 10.2. The molecule has 114 valence electrons. The molecule has 2 heterocycles. The van der Waals surface area contributed by atoms with Gasteiger partial charge in [0, 0.05) is 31.9 Å². The Morgan fingerprint density at radius 3 is 2.43 bits per heavy atom. The molecule has 0 unspecified atom stereocenters. The van der Waals surface area contributed by atoms with E-state index in [9.17, 15) is 13.2 Å². The Balaban J connectivity index is 1.78. The molecular formula is C13H18N4O3S. The van der Waals surface area contributed by atoms with Crippen molar-refractivity contribution in [3.05, 3.63) is 28.7 Å². The van der Waals surface area contributed by atoms with Crippen LogP contribution in [0.3, 0.4) is 0 Å². The van der Waals surface area contributed by atoms with E-state index >= 15 is 0 Å². The second-order valence-electron chi connectivity index (χ2n) is 5.10. The minimum Gasteiger partial charge on any atom is -0.369 e. The van der Waals surface area contributed by atoms with Crippen molar-refractivity contribution in [1.82, 2.24) is 14.3 Å². The first-order valence-electron chi connectivity index (χ1n) is 6.94. The number of nitrogens with one attached hydrogen (secondary N) is 2. The molecule has 3 rings (SSSR count). The highest BCUT2D eigenvalue weighted by Gasteiger charge is 2.25. The summed E-state index contributed by atoms with van der Waals surface area (Å²) < 4.78 is 25.2. The molecule has 1 aromatic heterocycles. The number of anilines is 1. The molecule has 0 spiro atoms. The van der Waals surface area contributed by atoms with Crippen molar-refractivity contribution in [2.75, 3.05) is 36.8 Å². The van der Waals surface area contributed by atoms with E-state index in [0.29, 0.717) is 26.2 Å². The predicted octanol–water partition coefficient (Wildman–Crippen LogP) is 0.328. The summed E-state index contributed by atoms with van der Waals surface area (Å²) in [5.41, 5.74) is 2.31. The van der Waals surface area contributed by atoms with Gasteiger partial charge in [-0.25, -0.2) is 13.2 Å². The lowest BCUT2D eigenvalue weighted by Crippen LogP contribution is -2.49. The Morgan fingerprint density at radius 1 is 1.10 bits per heavy atom. The van der Waals surface area contributed by atoms with Gasteiger partial charge in [-0.15, -0.1) is 0 Å². The van der Waals surface area contributed by atoms with Crippen LogP contribution in [0.1, 0.15) is 6.92 Å². The molecule has 0 bridgehead atoms. The van der Waals surface area contributed by atoms with Crippen LogP contribution in [-0.4, -0.2) is 54.6 Å². The molecule has 1 aliphatic rings. The van der Waals surface area contributed by atoms with E-state index in [2.05, 4.69) is 14.9 Å². The molecule has 2 N–H and O–H groups in total. The van der Waals surface area contributed by atoms with Crippen LogP contribution in [0, 0.1) is 0 Å². The Kier molecular flexibility index (Phi) is 3.50. The Labute approximate surface area is 122 Å². The molecule has 0 radical (unpaired) electrons. The first-order valence-corrected chi connectivity index (χ1v) is 8.55. The molecule has 8 heteroatoms. The van der Waals surface area contributed by atoms with Crippen molar-refractivity contribution < 1.29 is 8.42 Å². The zero-order valence-corrected chi connectivity index (χ0v) is 12.6. The lowest BCUT2D eigenvalue weighted by Gasteiger charge is -2.35. The maximum atomic E-state index is 11.8. The number of hydrogen-bond donors (Lipinski definition) is 2. The monoisotopic (exact) mass is 310 g/mol. The number of aromatic nitrogens is 2. The van der Waals surface area contributed by atoms with Crippen LogP contribution in [-0.2, 0) is 10.0 Å². The van der Waals surface area contributed by atoms with Crippen molar-refractivity contribution >= 4 is 26.7 Å². The lowest BCUT2D eigenvalue weighted by molar-refractivity contribution is 0.385. The number of imidazole rings is 1. The van der Waals surface area contributed by atoms with Crippen molar-refractivity contribution in [1.29, 1.82) is 0 Å². The van der Waals surface area contributed by atoms with E-state index in [0.717, 1.165) is 16.7 Å². The molecule has 1 saturated heterocycles. The van der Waals surface area contributed by atoms with Crippen LogP contribution < -0.4 is 10.6 Å². The largest absolute Gasteiger partial charge is 0.369 e. The van der Waals surface area contributed by atoms with E-state index in [4.69, 9.17) is 0 Å². The third-order valence-electron chi connectivity index (χ3n) is 3.86. The van der Waals surface area contributed by atoms with E-state index in [-0.39, 0.29) is 11.4 Å². The summed E-state index contributed by atoms with van der Waals surface area (Å²) in [6.45, 7) is 3.96. The summed E-state index contributed by atoms with van der Waals surface area (Å²) in [7, 11) is -3.10. The normalized spacial score (nSPS) is 17.5. The van der Waals surface area contributed by atoms with Gasteiger partial charge in [0.1, 0.15) is 0 Å². The number of benzene rings is 1. The van der Waals surface area contributed by atoms with E-state index in [1.54, 1.807) is 11.2 Å². The smallest absolute Gasteiger partial charge is 0.323 e. The van der Waals surface area contributed by atoms with Gasteiger partial charge < -0.3 is 14.9 Å². The van der Waals surface area contributed by atoms with Crippen molar-refractivity contribution in [3.63, 3.8) is 0 Å². The topological polar surface area (TPSA) is 89.3 Å². The van der Waals surface area contributed by atoms with Crippen LogP contribution in [0.4, 0.5) is 5.69 Å². The van der Waals surface area contributed by atoms with Crippen molar-refractivity contribution in [2.45, 2.75) is 6.92 Å². The molecule has 7 nitrogen and oxygen atoms in total. The van der Waals surface area contributed by atoms with Gasteiger partial charge in [0.05, 0.1) is 16.8 Å². The van der Waals surface area contributed by atoms with Crippen LogP contribution >= 0.6 is 0 Å². The molecule has 21 heavy (non-hydrogen) atoms. The molecule has 2 aromatic rings. The number of aromatic amines is 2. The summed E-state index contributed by atoms with van der Waals surface area (Å²) in [6, 6.07) is 5.71. The van der Waals surface area contributed by atoms with Gasteiger partial charge in [0.25, 0.3) is 0 Å². The molecule has 1 aromatic carbocycles. The van der Waals surface area contributed by atoms with Crippen molar-refractivity contribution in [2.24, 2.45) is 0 Å². The van der Waals surface area contributed by atoms with Gasteiger partial charge in [-0.05, 0) is 25.1 Å². The Morgan fingerprint density at radius 2 is 1.76 bits per heavy atom. The first-order chi connectivity index (χ1) is 9.99. The number of fused-ring (bicyclic) bond motifs is 1. The molecule has 1 aliphatic heterocycles. The summed E-state index contributed by atoms with van der Waals surface area (Å²) >= 11 is 0. The second-order valence-corrected chi connectivity index (χ2v) is 7.35. The van der Waals surface area contributed by atoms with Crippen LogP contribution in [0.2, 0.25) is 0 Å². The van der Waals surface area contributed by atoms with Gasteiger partial charge in [0.2, 0.25) is 10.0 Å². The maximum Gasteiger partial charge on any atom is 0.323 e. The predicted molar refractivity (Wildman–Crippen MR) is 82.2 cm³/mol. The third kappa shape index (κ3) is 2.68. The zero-order valence-electron chi connectivity index (χ0n) is 11.8. The number of nitrogens with zero attached hydrogens (tertiary/aromatic N) is 2. The summed E-state index contributed by atoms with van der Waals surface area (Å²) in [4.78, 5) is 18.8. The van der Waals surface area contributed by atoms with Crippen molar-refractivity contribution in [3.8, 4) is 0 Å². The number of piperazine rings is 1. The Bertz CT molecular complexity index is 800. The van der Waals surface area contributed by atoms with E-state index in [1.807, 2.05) is 18.2 Å². The zero-order chi connectivity index (χ0) is 15.0. The molecule has 0 saturated carbocycles. The van der Waals surface area contributed by atoms with Crippen LogP contribution in [0.25, 0.3) is 11.0 Å². The number of hydrogen-bond acceptors (Lipinski definition) is 4. The number of rotatable bonds is 3. The molecule has 0 aliphatic carbocycles. The fraction of sp³-hybridized carbons (Fsp3) is 0.462. The van der Waals surface area contributed by atoms with Gasteiger partial charge in [-0.3, -0.25) is 0 Å². The van der Waals surface area contributed by atoms with Crippen LogP contribution in [0.5, 0.6) is 0 Å². The summed E-state index contributed by atoms with van der Waals surface area (Å²) in [5, 5.41) is 0. The van der Waals surface area contributed by atoms with Gasteiger partial charge in [0.15, 0.2) is 0 Å². The van der Waals surface area contributed by atoms with Gasteiger partial charge in [-0.2, -0.15) is 4.31 Å². The van der Waals surface area contributed by atoms with E-state index < -0.39 is 10.0 Å². The Hall–Kier alpha value is -1.80. The van der Waals surface area contributed by atoms with Crippen LogP contribution in [0.15, 0.2) is 23.0 Å². The average Bonchev–Trinajstić information content (AvgIpc) is 2.86. The standard InChI is InChI=1S/C13H18N4O3S/c1-2-21(19,20)17-7-5-16(6-8-17)10-3-4-11-12(9-10)15-13(18)14-11/h3-4,9H,2,5-8H2,1H3,(H2,14,15,18).